The minimum Gasteiger partial charge on any atom is -0.458 e. The third kappa shape index (κ3) is 4.83. The Morgan fingerprint density at radius 2 is 2.15 bits per heavy atom. The Labute approximate surface area is 154 Å². The number of fused-ring (bicyclic) bond motifs is 1. The standard InChI is InChI=1S/C20H28O6/c1-12-5-4-6-15(11-22)10-17-18(14(3)20(24)26-17)16(9-12)25-19(23)13(2)7-8-21/h5,7,10,14,16-18,21-22H,4,6,8-9,11H2,1-3H3/b12-5+,13-7+,15-10-/t14-,16-,17+,18-/m0/s1. The number of carbonyl (C=O) groups excluding carboxylic acids is 2. The topological polar surface area (TPSA) is 93.1 Å². The molecule has 4 atom stereocenters. The molecule has 0 radical (unpaired) electrons. The molecule has 144 valence electrons. The largest absolute Gasteiger partial charge is 0.458 e. The van der Waals surface area contributed by atoms with Gasteiger partial charge in [0, 0.05) is 12.0 Å². The van der Waals surface area contributed by atoms with Gasteiger partial charge in [-0.1, -0.05) is 18.6 Å². The van der Waals surface area contributed by atoms with Gasteiger partial charge in [-0.15, -0.1) is 0 Å². The second-order valence-electron chi connectivity index (χ2n) is 7.06. The number of esters is 2. The van der Waals surface area contributed by atoms with Crippen LogP contribution in [0.25, 0.3) is 0 Å². The number of hydrogen-bond donors (Lipinski definition) is 2. The van der Waals surface area contributed by atoms with Crippen molar-refractivity contribution in [2.24, 2.45) is 11.8 Å². The minimum atomic E-state index is -0.526. The Morgan fingerprint density at radius 1 is 1.42 bits per heavy atom. The average Bonchev–Trinajstić information content (AvgIpc) is 2.87. The highest BCUT2D eigenvalue weighted by Gasteiger charge is 2.47. The first-order chi connectivity index (χ1) is 12.4. The number of rotatable bonds is 4. The molecule has 0 unspecified atom stereocenters. The molecular weight excluding hydrogens is 336 g/mol. The molecule has 2 aliphatic rings. The smallest absolute Gasteiger partial charge is 0.333 e. The molecular formula is C20H28O6. The highest BCUT2D eigenvalue weighted by atomic mass is 16.6. The number of aliphatic hydroxyl groups is 2. The molecule has 1 fully saturated rings. The normalized spacial score (nSPS) is 34.0. The van der Waals surface area contributed by atoms with Crippen LogP contribution in [-0.2, 0) is 19.1 Å². The molecule has 6 nitrogen and oxygen atoms in total. The molecule has 0 aromatic heterocycles. The quantitative estimate of drug-likeness (QED) is 0.451. The molecule has 0 aromatic rings. The first kappa shape index (κ1) is 20.4. The Hall–Kier alpha value is -1.92. The number of allylic oxidation sites excluding steroid dienone is 1. The van der Waals surface area contributed by atoms with E-state index in [0.29, 0.717) is 18.4 Å². The summed E-state index contributed by atoms with van der Waals surface area (Å²) in [5.41, 5.74) is 2.21. The fraction of sp³-hybridized carbons (Fsp3) is 0.600. The van der Waals surface area contributed by atoms with E-state index in [0.717, 1.165) is 17.6 Å². The zero-order valence-corrected chi connectivity index (χ0v) is 15.6. The van der Waals surface area contributed by atoms with Crippen molar-refractivity contribution in [3.05, 3.63) is 34.9 Å². The molecule has 6 heteroatoms. The van der Waals surface area contributed by atoms with Gasteiger partial charge in [-0.2, -0.15) is 0 Å². The van der Waals surface area contributed by atoms with Crippen LogP contribution in [0.1, 0.15) is 40.0 Å². The maximum atomic E-state index is 12.4. The number of hydrogen-bond acceptors (Lipinski definition) is 6. The lowest BCUT2D eigenvalue weighted by atomic mass is 9.82. The Bertz CT molecular complexity index is 630. The molecule has 2 rings (SSSR count). The number of aliphatic hydroxyl groups excluding tert-OH is 2. The van der Waals surface area contributed by atoms with Crippen molar-refractivity contribution >= 4 is 11.9 Å². The van der Waals surface area contributed by atoms with Crippen molar-refractivity contribution in [1.29, 1.82) is 0 Å². The third-order valence-electron chi connectivity index (χ3n) is 5.07. The molecule has 1 saturated heterocycles. The van der Waals surface area contributed by atoms with Crippen LogP contribution in [-0.4, -0.2) is 47.6 Å². The second-order valence-corrected chi connectivity index (χ2v) is 7.06. The van der Waals surface area contributed by atoms with Crippen LogP contribution < -0.4 is 0 Å². The summed E-state index contributed by atoms with van der Waals surface area (Å²) in [6.07, 6.45) is 6.21. The van der Waals surface area contributed by atoms with Gasteiger partial charge >= 0.3 is 11.9 Å². The van der Waals surface area contributed by atoms with Crippen LogP contribution >= 0.6 is 0 Å². The van der Waals surface area contributed by atoms with Crippen molar-refractivity contribution in [2.75, 3.05) is 13.2 Å². The highest BCUT2D eigenvalue weighted by molar-refractivity contribution is 5.88. The minimum absolute atomic E-state index is 0.0924. The molecule has 26 heavy (non-hydrogen) atoms. The molecule has 2 N–H and O–H groups in total. The van der Waals surface area contributed by atoms with Crippen molar-refractivity contribution in [3.8, 4) is 0 Å². The summed E-state index contributed by atoms with van der Waals surface area (Å²) in [4.78, 5) is 24.5. The molecule has 0 bridgehead atoms. The van der Waals surface area contributed by atoms with E-state index in [9.17, 15) is 14.7 Å². The predicted molar refractivity (Wildman–Crippen MR) is 96.0 cm³/mol. The van der Waals surface area contributed by atoms with Gasteiger partial charge in [0.05, 0.1) is 25.0 Å². The lowest BCUT2D eigenvalue weighted by molar-refractivity contribution is -0.148. The Morgan fingerprint density at radius 3 is 2.81 bits per heavy atom. The number of ether oxygens (including phenoxy) is 2. The first-order valence-corrected chi connectivity index (χ1v) is 9.02. The van der Waals surface area contributed by atoms with Gasteiger partial charge in [0.25, 0.3) is 0 Å². The van der Waals surface area contributed by atoms with Crippen molar-refractivity contribution in [2.45, 2.75) is 52.2 Å². The van der Waals surface area contributed by atoms with E-state index in [4.69, 9.17) is 14.6 Å². The van der Waals surface area contributed by atoms with Crippen molar-refractivity contribution in [3.63, 3.8) is 0 Å². The maximum absolute atomic E-state index is 12.4. The molecule has 0 amide bonds. The second kappa shape index (κ2) is 9.14. The SMILES string of the molecule is C/C1=C\CC/C(CO)=C/[C@H]2OC(=O)[C@@H](C)[C@H]2[C@@H](OC(=O)/C(C)=C/CO)C1. The van der Waals surface area contributed by atoms with Gasteiger partial charge in [-0.25, -0.2) is 4.79 Å². The van der Waals surface area contributed by atoms with E-state index in [2.05, 4.69) is 6.08 Å². The van der Waals surface area contributed by atoms with Gasteiger partial charge in [-0.3, -0.25) is 4.79 Å². The predicted octanol–water partition coefficient (Wildman–Crippen LogP) is 2.06. The summed E-state index contributed by atoms with van der Waals surface area (Å²) in [6, 6.07) is 0. The van der Waals surface area contributed by atoms with Crippen LogP contribution in [0.3, 0.4) is 0 Å². The summed E-state index contributed by atoms with van der Waals surface area (Å²) in [6.45, 7) is 5.00. The van der Waals surface area contributed by atoms with E-state index in [-0.39, 0.29) is 25.1 Å². The number of carbonyl (C=O) groups is 2. The summed E-state index contributed by atoms with van der Waals surface area (Å²) in [7, 11) is 0. The fourth-order valence-electron chi connectivity index (χ4n) is 3.50. The zero-order valence-electron chi connectivity index (χ0n) is 15.6. The van der Waals surface area contributed by atoms with E-state index in [1.54, 1.807) is 19.9 Å². The Kier molecular flexibility index (Phi) is 7.17. The maximum Gasteiger partial charge on any atom is 0.333 e. The Balaban J connectivity index is 2.36. The van der Waals surface area contributed by atoms with Crippen LogP contribution in [0.2, 0.25) is 0 Å². The van der Waals surface area contributed by atoms with E-state index in [1.807, 2.05) is 6.92 Å². The summed E-state index contributed by atoms with van der Waals surface area (Å²) < 4.78 is 11.2. The molecule has 0 aromatic carbocycles. The molecule has 0 saturated carbocycles. The fourth-order valence-corrected chi connectivity index (χ4v) is 3.50. The van der Waals surface area contributed by atoms with Crippen molar-refractivity contribution in [1.82, 2.24) is 0 Å². The summed E-state index contributed by atoms with van der Waals surface area (Å²) >= 11 is 0. The van der Waals surface area contributed by atoms with Gasteiger partial charge < -0.3 is 19.7 Å². The summed E-state index contributed by atoms with van der Waals surface area (Å²) in [5.74, 6) is -1.57. The van der Waals surface area contributed by atoms with Crippen LogP contribution in [0.5, 0.6) is 0 Å². The highest BCUT2D eigenvalue weighted by Crippen LogP contribution is 2.37. The first-order valence-electron chi connectivity index (χ1n) is 9.02. The van der Waals surface area contributed by atoms with Crippen molar-refractivity contribution < 1.29 is 29.3 Å². The molecule has 0 spiro atoms. The molecule has 1 aliphatic carbocycles. The van der Waals surface area contributed by atoms with Crippen LogP contribution in [0.15, 0.2) is 34.9 Å². The van der Waals surface area contributed by atoms with Crippen LogP contribution in [0, 0.1) is 11.8 Å². The van der Waals surface area contributed by atoms with E-state index < -0.39 is 24.1 Å². The van der Waals surface area contributed by atoms with E-state index >= 15 is 0 Å². The molecule has 1 aliphatic heterocycles. The summed E-state index contributed by atoms with van der Waals surface area (Å²) in [5, 5.41) is 18.6. The third-order valence-corrected chi connectivity index (χ3v) is 5.07. The average molecular weight is 364 g/mol. The van der Waals surface area contributed by atoms with Crippen LogP contribution in [0.4, 0.5) is 0 Å². The lowest BCUT2D eigenvalue weighted by Crippen LogP contribution is -2.36. The van der Waals surface area contributed by atoms with Gasteiger partial charge in [0.15, 0.2) is 0 Å². The van der Waals surface area contributed by atoms with Gasteiger partial charge in [0.2, 0.25) is 0 Å². The monoisotopic (exact) mass is 364 g/mol. The van der Waals surface area contributed by atoms with E-state index in [1.165, 1.54) is 6.08 Å². The van der Waals surface area contributed by atoms with Gasteiger partial charge in [0.1, 0.15) is 12.2 Å². The lowest BCUT2D eigenvalue weighted by Gasteiger charge is -2.29. The van der Waals surface area contributed by atoms with Gasteiger partial charge in [-0.05, 0) is 44.4 Å². The molecule has 1 heterocycles. The zero-order chi connectivity index (χ0) is 19.3.